The number of hydrogen-bond donors (Lipinski definition) is 1. The number of nitrogens with one attached hydrogen (secondary N) is 1. The number of ether oxygens (including phenoxy) is 2. The second kappa shape index (κ2) is 7.68. The van der Waals surface area contributed by atoms with Gasteiger partial charge in [0.2, 0.25) is 0 Å². The Labute approximate surface area is 153 Å². The number of fused-ring (bicyclic) bond motifs is 1. The van der Waals surface area contributed by atoms with Crippen molar-refractivity contribution >= 4 is 22.8 Å². The number of benzene rings is 2. The van der Waals surface area contributed by atoms with Crippen LogP contribution in [-0.2, 0) is 0 Å². The van der Waals surface area contributed by atoms with Crippen molar-refractivity contribution in [2.75, 3.05) is 18.6 Å². The topological polar surface area (TPSA) is 129 Å². The summed E-state index contributed by atoms with van der Waals surface area (Å²) in [6.45, 7) is 2.84. The van der Waals surface area contributed by atoms with Crippen LogP contribution < -0.4 is 14.9 Å². The van der Waals surface area contributed by atoms with Crippen molar-refractivity contribution in [2.24, 2.45) is 5.10 Å². The second-order valence-corrected chi connectivity index (χ2v) is 5.60. The lowest BCUT2D eigenvalue weighted by Crippen LogP contribution is -2.16. The average Bonchev–Trinajstić information content (AvgIpc) is 2.68. The molecule has 1 N–H and O–H groups in total. The van der Waals surface area contributed by atoms with Crippen LogP contribution in [0.25, 0.3) is 0 Å². The highest BCUT2D eigenvalue weighted by Crippen LogP contribution is 2.32. The fourth-order valence-corrected chi connectivity index (χ4v) is 2.58. The summed E-state index contributed by atoms with van der Waals surface area (Å²) in [7, 11) is 0. The molecule has 0 saturated heterocycles. The molecule has 0 amide bonds. The first kappa shape index (κ1) is 18.1. The first-order chi connectivity index (χ1) is 13.0. The van der Waals surface area contributed by atoms with Gasteiger partial charge >= 0.3 is 5.69 Å². The Morgan fingerprint density at radius 2 is 1.81 bits per heavy atom. The molecule has 0 spiro atoms. The molecule has 0 unspecified atom stereocenters. The standard InChI is InChI=1S/C17H16N4O6/c1-2-13(11-3-6-16-17(9-11)27-8-7-26-16)18-19-14-5-4-12(20(22)23)10-15(14)21(24)25/h3-6,9-10,19H,2,7-8H2,1H3/b18-13-. The normalized spacial score (nSPS) is 13.1. The third-order valence-corrected chi connectivity index (χ3v) is 3.91. The monoisotopic (exact) mass is 372 g/mol. The van der Waals surface area contributed by atoms with Crippen molar-refractivity contribution in [2.45, 2.75) is 13.3 Å². The molecule has 10 heteroatoms. The summed E-state index contributed by atoms with van der Waals surface area (Å²) in [6.07, 6.45) is 0.549. The maximum absolute atomic E-state index is 11.2. The summed E-state index contributed by atoms with van der Waals surface area (Å²) in [5, 5.41) is 26.3. The lowest BCUT2D eigenvalue weighted by atomic mass is 10.1. The maximum Gasteiger partial charge on any atom is 0.301 e. The highest BCUT2D eigenvalue weighted by Gasteiger charge is 2.19. The number of hydrazone groups is 1. The van der Waals surface area contributed by atoms with Gasteiger partial charge in [0, 0.05) is 11.6 Å². The van der Waals surface area contributed by atoms with Crippen molar-refractivity contribution in [1.29, 1.82) is 0 Å². The van der Waals surface area contributed by atoms with Gasteiger partial charge in [0.25, 0.3) is 5.69 Å². The summed E-state index contributed by atoms with van der Waals surface area (Å²) < 4.78 is 11.0. The number of anilines is 1. The average molecular weight is 372 g/mol. The molecule has 1 aliphatic heterocycles. The first-order valence-electron chi connectivity index (χ1n) is 8.15. The highest BCUT2D eigenvalue weighted by atomic mass is 16.6. The third kappa shape index (κ3) is 3.94. The number of hydrogen-bond acceptors (Lipinski definition) is 8. The summed E-state index contributed by atoms with van der Waals surface area (Å²) in [5.41, 5.74) is 3.33. The Balaban J connectivity index is 1.89. The Hall–Kier alpha value is -3.69. The Bertz CT molecular complexity index is 928. The highest BCUT2D eigenvalue weighted by molar-refractivity contribution is 6.01. The minimum absolute atomic E-state index is 0.0640. The lowest BCUT2D eigenvalue weighted by molar-refractivity contribution is -0.393. The van der Waals surface area contributed by atoms with Gasteiger partial charge in [-0.3, -0.25) is 25.7 Å². The number of non-ortho nitro benzene ring substituents is 1. The smallest absolute Gasteiger partial charge is 0.301 e. The van der Waals surface area contributed by atoms with E-state index in [0.29, 0.717) is 36.8 Å². The van der Waals surface area contributed by atoms with Crippen LogP contribution in [0.1, 0.15) is 18.9 Å². The van der Waals surface area contributed by atoms with Crippen LogP contribution >= 0.6 is 0 Å². The van der Waals surface area contributed by atoms with E-state index in [1.54, 1.807) is 12.1 Å². The Morgan fingerprint density at radius 3 is 2.48 bits per heavy atom. The minimum atomic E-state index is -0.694. The molecule has 10 nitrogen and oxygen atoms in total. The molecular formula is C17H16N4O6. The van der Waals surface area contributed by atoms with Crippen LogP contribution in [0.4, 0.5) is 17.1 Å². The molecule has 27 heavy (non-hydrogen) atoms. The van der Waals surface area contributed by atoms with Crippen molar-refractivity contribution in [1.82, 2.24) is 0 Å². The fraction of sp³-hybridized carbons (Fsp3) is 0.235. The molecule has 2 aromatic rings. The van der Waals surface area contributed by atoms with Gasteiger partial charge in [0.1, 0.15) is 18.9 Å². The van der Waals surface area contributed by atoms with E-state index in [4.69, 9.17) is 9.47 Å². The van der Waals surface area contributed by atoms with Gasteiger partial charge in [-0.2, -0.15) is 5.10 Å². The summed E-state index contributed by atoms with van der Waals surface area (Å²) in [6, 6.07) is 8.73. The zero-order valence-corrected chi connectivity index (χ0v) is 14.4. The van der Waals surface area contributed by atoms with Gasteiger partial charge in [-0.05, 0) is 30.7 Å². The zero-order chi connectivity index (χ0) is 19.4. The molecule has 0 bridgehead atoms. The largest absolute Gasteiger partial charge is 0.486 e. The van der Waals surface area contributed by atoms with Gasteiger partial charge in [-0.1, -0.05) is 6.92 Å². The number of nitrogens with zero attached hydrogens (tertiary/aromatic N) is 3. The third-order valence-electron chi connectivity index (χ3n) is 3.91. The predicted octanol–water partition coefficient (Wildman–Crippen LogP) is 3.50. The van der Waals surface area contributed by atoms with Gasteiger partial charge in [0.05, 0.1) is 21.6 Å². The van der Waals surface area contributed by atoms with Crippen LogP contribution in [0, 0.1) is 20.2 Å². The molecule has 0 atom stereocenters. The van der Waals surface area contributed by atoms with E-state index in [0.717, 1.165) is 11.6 Å². The molecule has 140 valence electrons. The molecule has 0 fully saturated rings. The quantitative estimate of drug-likeness (QED) is 0.466. The van der Waals surface area contributed by atoms with E-state index >= 15 is 0 Å². The first-order valence-corrected chi connectivity index (χ1v) is 8.15. The molecule has 0 saturated carbocycles. The summed E-state index contributed by atoms with van der Waals surface area (Å²) in [4.78, 5) is 20.6. The van der Waals surface area contributed by atoms with E-state index in [2.05, 4.69) is 10.5 Å². The minimum Gasteiger partial charge on any atom is -0.486 e. The summed E-state index contributed by atoms with van der Waals surface area (Å²) in [5.74, 6) is 1.26. The van der Waals surface area contributed by atoms with Crippen LogP contribution in [0.2, 0.25) is 0 Å². The molecule has 1 heterocycles. The van der Waals surface area contributed by atoms with Gasteiger partial charge < -0.3 is 9.47 Å². The van der Waals surface area contributed by atoms with Crippen LogP contribution in [0.5, 0.6) is 11.5 Å². The fourth-order valence-electron chi connectivity index (χ4n) is 2.58. The van der Waals surface area contributed by atoms with Crippen LogP contribution in [0.15, 0.2) is 41.5 Å². The Morgan fingerprint density at radius 1 is 1.07 bits per heavy atom. The van der Waals surface area contributed by atoms with E-state index in [9.17, 15) is 20.2 Å². The molecule has 3 rings (SSSR count). The number of nitro groups is 2. The molecule has 0 aliphatic carbocycles. The number of rotatable bonds is 6. The zero-order valence-electron chi connectivity index (χ0n) is 14.4. The molecular weight excluding hydrogens is 356 g/mol. The van der Waals surface area contributed by atoms with Crippen molar-refractivity contribution in [3.05, 3.63) is 62.2 Å². The lowest BCUT2D eigenvalue weighted by Gasteiger charge is -2.19. The molecule has 1 aliphatic rings. The second-order valence-electron chi connectivity index (χ2n) is 5.60. The van der Waals surface area contributed by atoms with E-state index in [1.165, 1.54) is 12.1 Å². The van der Waals surface area contributed by atoms with Gasteiger partial charge in [-0.15, -0.1) is 0 Å². The molecule has 0 radical (unpaired) electrons. The molecule has 2 aromatic carbocycles. The van der Waals surface area contributed by atoms with Crippen molar-refractivity contribution in [3.8, 4) is 11.5 Å². The predicted molar refractivity (Wildman–Crippen MR) is 97.6 cm³/mol. The van der Waals surface area contributed by atoms with E-state index in [-0.39, 0.29) is 11.4 Å². The number of nitro benzene ring substituents is 2. The SMILES string of the molecule is CC/C(=N/Nc1ccc([N+](=O)[O-])cc1[N+](=O)[O-])c1ccc2c(c1)OCCO2. The van der Waals surface area contributed by atoms with E-state index < -0.39 is 15.5 Å². The Kier molecular flexibility index (Phi) is 5.15. The van der Waals surface area contributed by atoms with Crippen LogP contribution in [0.3, 0.4) is 0 Å². The van der Waals surface area contributed by atoms with Gasteiger partial charge in [-0.25, -0.2) is 0 Å². The van der Waals surface area contributed by atoms with Crippen LogP contribution in [-0.4, -0.2) is 28.8 Å². The maximum atomic E-state index is 11.2. The summed E-state index contributed by atoms with van der Waals surface area (Å²) >= 11 is 0. The molecule has 0 aromatic heterocycles. The van der Waals surface area contributed by atoms with Crippen molar-refractivity contribution < 1.29 is 19.3 Å². The van der Waals surface area contributed by atoms with Gasteiger partial charge in [0.15, 0.2) is 11.5 Å². The van der Waals surface area contributed by atoms with Crippen molar-refractivity contribution in [3.63, 3.8) is 0 Å². The van der Waals surface area contributed by atoms with E-state index in [1.807, 2.05) is 13.0 Å².